The lowest BCUT2D eigenvalue weighted by molar-refractivity contribution is -0.148. The Morgan fingerprint density at radius 1 is 1.32 bits per heavy atom. The molecule has 0 spiro atoms. The van der Waals surface area contributed by atoms with Crippen LogP contribution in [0.5, 0.6) is 0 Å². The van der Waals surface area contributed by atoms with Crippen molar-refractivity contribution in [2.75, 3.05) is 26.2 Å². The molecule has 1 aliphatic rings. The number of rotatable bonds is 6. The predicted molar refractivity (Wildman–Crippen MR) is 85.6 cm³/mol. The first-order valence-corrected chi connectivity index (χ1v) is 7.07. The number of alkyl halides is 3. The summed E-state index contributed by atoms with van der Waals surface area (Å²) in [7, 11) is 0. The van der Waals surface area contributed by atoms with Gasteiger partial charge in [-0.25, -0.2) is 0 Å². The Morgan fingerprint density at radius 2 is 1.86 bits per heavy atom. The van der Waals surface area contributed by atoms with Gasteiger partial charge in [0.15, 0.2) is 0 Å². The van der Waals surface area contributed by atoms with Gasteiger partial charge in [-0.1, -0.05) is 0 Å². The van der Waals surface area contributed by atoms with E-state index >= 15 is 0 Å². The third-order valence-corrected chi connectivity index (χ3v) is 3.49. The van der Waals surface area contributed by atoms with Gasteiger partial charge in [-0.05, 0) is 45.2 Å². The molecule has 4 nitrogen and oxygen atoms in total. The van der Waals surface area contributed by atoms with Crippen molar-refractivity contribution in [1.29, 1.82) is 0 Å². The first kappa shape index (κ1) is 24.0. The summed E-state index contributed by atoms with van der Waals surface area (Å²) in [6.45, 7) is 2.51. The zero-order valence-electron chi connectivity index (χ0n) is 12.7. The summed E-state index contributed by atoms with van der Waals surface area (Å²) in [5.41, 5.74) is 5.52. The molecule has 0 aliphatic carbocycles. The standard InChI is InChI=1S/C13H24F3N3O.2ClH/c1-10(17)8-12(20)18-5-2-11-3-6-19(7-4-11)9-13(14,15)16;;/h10-11H,2-9,17H2,1H3,(H,18,20);2*1H. The second kappa shape index (κ2) is 11.3. The fourth-order valence-corrected chi connectivity index (χ4v) is 2.47. The Balaban J connectivity index is 0. The van der Waals surface area contributed by atoms with E-state index in [1.165, 1.54) is 4.90 Å². The molecule has 0 aromatic carbocycles. The van der Waals surface area contributed by atoms with Crippen molar-refractivity contribution >= 4 is 30.7 Å². The van der Waals surface area contributed by atoms with E-state index in [9.17, 15) is 18.0 Å². The van der Waals surface area contributed by atoms with Gasteiger partial charge in [0.25, 0.3) is 0 Å². The zero-order valence-corrected chi connectivity index (χ0v) is 14.3. The SMILES string of the molecule is CC(N)CC(=O)NCCC1CCN(CC(F)(F)F)CC1.Cl.Cl. The molecule has 1 rings (SSSR count). The van der Waals surface area contributed by atoms with Crippen molar-refractivity contribution in [2.24, 2.45) is 11.7 Å². The van der Waals surface area contributed by atoms with Gasteiger partial charge < -0.3 is 11.1 Å². The summed E-state index contributed by atoms with van der Waals surface area (Å²) < 4.78 is 36.7. The van der Waals surface area contributed by atoms with E-state index in [2.05, 4.69) is 5.32 Å². The van der Waals surface area contributed by atoms with Gasteiger partial charge in [-0.2, -0.15) is 13.2 Å². The molecule has 1 saturated heterocycles. The minimum Gasteiger partial charge on any atom is -0.356 e. The molecule has 0 saturated carbocycles. The average Bonchev–Trinajstić information content (AvgIpc) is 2.28. The number of carbonyl (C=O) groups excluding carboxylic acids is 1. The summed E-state index contributed by atoms with van der Waals surface area (Å²) in [6.07, 6.45) is -1.45. The van der Waals surface area contributed by atoms with Gasteiger partial charge in [0.2, 0.25) is 5.91 Å². The fourth-order valence-electron chi connectivity index (χ4n) is 2.47. The molecule has 0 radical (unpaired) electrons. The third kappa shape index (κ3) is 11.3. The van der Waals surface area contributed by atoms with Crippen LogP contribution in [0.4, 0.5) is 13.2 Å². The number of likely N-dealkylation sites (tertiary alicyclic amines) is 1. The van der Waals surface area contributed by atoms with Crippen LogP contribution in [-0.2, 0) is 4.79 Å². The molecule has 3 N–H and O–H groups in total. The third-order valence-electron chi connectivity index (χ3n) is 3.49. The van der Waals surface area contributed by atoms with Crippen LogP contribution in [0.15, 0.2) is 0 Å². The van der Waals surface area contributed by atoms with Crippen molar-refractivity contribution in [2.45, 2.75) is 44.8 Å². The summed E-state index contributed by atoms with van der Waals surface area (Å²) in [4.78, 5) is 12.8. The molecule has 134 valence electrons. The first-order chi connectivity index (χ1) is 9.26. The highest BCUT2D eigenvalue weighted by atomic mass is 35.5. The van der Waals surface area contributed by atoms with E-state index in [0.29, 0.717) is 32.0 Å². The number of piperidine rings is 1. The van der Waals surface area contributed by atoms with Crippen LogP contribution in [0.2, 0.25) is 0 Å². The fraction of sp³-hybridized carbons (Fsp3) is 0.923. The van der Waals surface area contributed by atoms with Crippen LogP contribution < -0.4 is 11.1 Å². The summed E-state index contributed by atoms with van der Waals surface area (Å²) in [5.74, 6) is 0.338. The van der Waals surface area contributed by atoms with Crippen LogP contribution >= 0.6 is 24.8 Å². The molecule has 0 aromatic rings. The molecule has 9 heteroatoms. The lowest BCUT2D eigenvalue weighted by Crippen LogP contribution is -2.40. The van der Waals surface area contributed by atoms with E-state index in [0.717, 1.165) is 19.3 Å². The normalized spacial score (nSPS) is 18.0. The Bertz CT molecular complexity index is 309. The average molecular weight is 368 g/mol. The lowest BCUT2D eigenvalue weighted by atomic mass is 9.93. The maximum atomic E-state index is 12.2. The molecule has 1 aliphatic heterocycles. The van der Waals surface area contributed by atoms with Crippen LogP contribution in [0.3, 0.4) is 0 Å². The quantitative estimate of drug-likeness (QED) is 0.757. The minimum absolute atomic E-state index is 0. The Morgan fingerprint density at radius 3 is 2.32 bits per heavy atom. The van der Waals surface area contributed by atoms with E-state index < -0.39 is 12.7 Å². The number of nitrogens with one attached hydrogen (secondary N) is 1. The molecule has 1 fully saturated rings. The highest BCUT2D eigenvalue weighted by molar-refractivity contribution is 5.85. The highest BCUT2D eigenvalue weighted by Crippen LogP contribution is 2.23. The van der Waals surface area contributed by atoms with Crippen LogP contribution in [0.25, 0.3) is 0 Å². The first-order valence-electron chi connectivity index (χ1n) is 7.07. The summed E-state index contributed by atoms with van der Waals surface area (Å²) in [5, 5.41) is 2.80. The summed E-state index contributed by atoms with van der Waals surface area (Å²) >= 11 is 0. The van der Waals surface area contributed by atoms with E-state index in [4.69, 9.17) is 5.73 Å². The van der Waals surface area contributed by atoms with Crippen LogP contribution in [0.1, 0.15) is 32.6 Å². The number of amides is 1. The Labute approximate surface area is 142 Å². The monoisotopic (exact) mass is 367 g/mol. The molecular formula is C13H26Cl2F3N3O. The molecule has 1 amide bonds. The topological polar surface area (TPSA) is 58.4 Å². The summed E-state index contributed by atoms with van der Waals surface area (Å²) in [6, 6.07) is -0.152. The minimum atomic E-state index is -4.11. The molecule has 22 heavy (non-hydrogen) atoms. The van der Waals surface area contributed by atoms with Gasteiger partial charge in [0, 0.05) is 19.0 Å². The Hall–Kier alpha value is -0.240. The second-order valence-corrected chi connectivity index (χ2v) is 5.65. The van der Waals surface area contributed by atoms with Crippen LogP contribution in [0, 0.1) is 5.92 Å². The smallest absolute Gasteiger partial charge is 0.356 e. The number of nitrogens with two attached hydrogens (primary N) is 1. The maximum absolute atomic E-state index is 12.2. The van der Waals surface area contributed by atoms with Gasteiger partial charge in [-0.3, -0.25) is 9.69 Å². The van der Waals surface area contributed by atoms with Crippen molar-refractivity contribution < 1.29 is 18.0 Å². The number of hydrogen-bond acceptors (Lipinski definition) is 3. The molecule has 1 unspecified atom stereocenters. The van der Waals surface area contributed by atoms with Gasteiger partial charge in [-0.15, -0.1) is 24.8 Å². The van der Waals surface area contributed by atoms with Crippen molar-refractivity contribution in [3.05, 3.63) is 0 Å². The maximum Gasteiger partial charge on any atom is 0.401 e. The lowest BCUT2D eigenvalue weighted by Gasteiger charge is -2.32. The van der Waals surface area contributed by atoms with Gasteiger partial charge in [0.05, 0.1) is 6.54 Å². The molecular weight excluding hydrogens is 342 g/mol. The Kier molecular flexibility index (Phi) is 12.4. The van der Waals surface area contributed by atoms with Crippen LogP contribution in [-0.4, -0.2) is 49.2 Å². The van der Waals surface area contributed by atoms with Crippen molar-refractivity contribution in [3.8, 4) is 0 Å². The zero-order chi connectivity index (χ0) is 15.2. The van der Waals surface area contributed by atoms with Gasteiger partial charge >= 0.3 is 6.18 Å². The molecule has 0 aromatic heterocycles. The van der Waals surface area contributed by atoms with Gasteiger partial charge in [0.1, 0.15) is 0 Å². The molecule has 0 bridgehead atoms. The van der Waals surface area contributed by atoms with Crippen molar-refractivity contribution in [3.63, 3.8) is 0 Å². The van der Waals surface area contributed by atoms with E-state index in [1.807, 2.05) is 0 Å². The largest absolute Gasteiger partial charge is 0.401 e. The van der Waals surface area contributed by atoms with Crippen molar-refractivity contribution in [1.82, 2.24) is 10.2 Å². The number of carbonyl (C=O) groups is 1. The highest BCUT2D eigenvalue weighted by Gasteiger charge is 2.32. The number of halogens is 5. The van der Waals surface area contributed by atoms with E-state index in [1.54, 1.807) is 6.92 Å². The molecule has 1 atom stereocenters. The predicted octanol–water partition coefficient (Wildman–Crippen LogP) is 2.35. The second-order valence-electron chi connectivity index (χ2n) is 5.65. The number of hydrogen-bond donors (Lipinski definition) is 2. The number of nitrogens with zero attached hydrogens (tertiary/aromatic N) is 1. The molecule has 1 heterocycles. The van der Waals surface area contributed by atoms with E-state index in [-0.39, 0.29) is 36.8 Å².